The Bertz CT molecular complexity index is 845. The third-order valence-corrected chi connectivity index (χ3v) is 12.4. The van der Waals surface area contributed by atoms with Crippen molar-refractivity contribution in [1.29, 1.82) is 0 Å². The van der Waals surface area contributed by atoms with E-state index in [0.717, 1.165) is 74.3 Å². The summed E-state index contributed by atoms with van der Waals surface area (Å²) in [6.45, 7) is 14.1. The van der Waals surface area contributed by atoms with E-state index in [1.165, 1.54) is 83.5 Å². The van der Waals surface area contributed by atoms with E-state index in [1.807, 2.05) is 0 Å². The van der Waals surface area contributed by atoms with Gasteiger partial charge in [0.05, 0.1) is 0 Å². The largest absolute Gasteiger partial charge is 0.446 e. The molecule has 4 aliphatic carbocycles. The molecule has 3 N–H and O–H groups in total. The van der Waals surface area contributed by atoms with Crippen molar-refractivity contribution < 1.29 is 9.53 Å². The fraction of sp³-hybridized carbons (Fsp3) is 0.917. The summed E-state index contributed by atoms with van der Waals surface area (Å²) < 4.78 is 5.95. The highest BCUT2D eigenvalue weighted by atomic mass is 35.5. The highest BCUT2D eigenvalue weighted by Crippen LogP contribution is 2.67. The summed E-state index contributed by atoms with van der Waals surface area (Å²) in [5.74, 6) is 5.20. The van der Waals surface area contributed by atoms with Crippen LogP contribution in [-0.2, 0) is 4.74 Å². The first-order valence-electron chi connectivity index (χ1n) is 17.5. The molecular formula is C36H65ClN2O2. The van der Waals surface area contributed by atoms with Crippen LogP contribution in [0.5, 0.6) is 0 Å². The first-order chi connectivity index (χ1) is 19.2. The second kappa shape index (κ2) is 15.8. The van der Waals surface area contributed by atoms with Gasteiger partial charge in [0.15, 0.2) is 0 Å². The van der Waals surface area contributed by atoms with Crippen LogP contribution in [0.2, 0.25) is 0 Å². The van der Waals surface area contributed by atoms with Crippen molar-refractivity contribution in [1.82, 2.24) is 5.32 Å². The van der Waals surface area contributed by atoms with Crippen LogP contribution >= 0.6 is 12.4 Å². The van der Waals surface area contributed by atoms with E-state index in [1.54, 1.807) is 5.57 Å². The molecule has 4 nitrogen and oxygen atoms in total. The molecule has 5 heteroatoms. The number of nitrogens with two attached hydrogens (primary N) is 1. The van der Waals surface area contributed by atoms with Crippen molar-refractivity contribution in [3.8, 4) is 0 Å². The van der Waals surface area contributed by atoms with E-state index in [4.69, 9.17) is 10.5 Å². The molecule has 238 valence electrons. The van der Waals surface area contributed by atoms with Crippen LogP contribution in [0.4, 0.5) is 4.79 Å². The van der Waals surface area contributed by atoms with E-state index < -0.39 is 0 Å². The van der Waals surface area contributed by atoms with Crippen LogP contribution in [0, 0.1) is 46.3 Å². The quantitative estimate of drug-likeness (QED) is 0.156. The standard InChI is InChI=1S/C36H64N2O2.ClH/c1-26(2)13-12-14-27(3)31-17-18-32-30-16-15-28-25-29(19-21-35(28,4)33(30)20-22-36(31,32)5)40-34(39)38-24-11-9-7-6-8-10-23-37;/h15,26-27,29-33H,6-14,16-25,37H2,1-5H3,(H,38,39);1H/t27-,29?,30?,31-,32?,33?,35+,36-;/m1./s1. The second-order valence-corrected chi connectivity index (χ2v) is 15.4. The maximum absolute atomic E-state index is 12.5. The number of rotatable bonds is 14. The molecule has 0 aromatic rings. The molecule has 0 spiro atoms. The fourth-order valence-corrected chi connectivity index (χ4v) is 10.1. The minimum absolute atomic E-state index is 0. The molecule has 4 aliphatic rings. The van der Waals surface area contributed by atoms with Gasteiger partial charge in [0, 0.05) is 13.0 Å². The van der Waals surface area contributed by atoms with Gasteiger partial charge in [-0.2, -0.15) is 0 Å². The summed E-state index contributed by atoms with van der Waals surface area (Å²) in [4.78, 5) is 12.5. The van der Waals surface area contributed by atoms with Crippen LogP contribution in [-0.4, -0.2) is 25.3 Å². The Morgan fingerprint density at radius 3 is 2.41 bits per heavy atom. The van der Waals surface area contributed by atoms with Gasteiger partial charge in [0.2, 0.25) is 0 Å². The lowest BCUT2D eigenvalue weighted by molar-refractivity contribution is -0.0581. The second-order valence-electron chi connectivity index (χ2n) is 15.4. The van der Waals surface area contributed by atoms with Crippen LogP contribution in [0.3, 0.4) is 0 Å². The first-order valence-corrected chi connectivity index (χ1v) is 17.5. The zero-order chi connectivity index (χ0) is 28.8. The van der Waals surface area contributed by atoms with Crippen LogP contribution in [0.15, 0.2) is 11.6 Å². The number of halogens is 1. The Morgan fingerprint density at radius 2 is 1.68 bits per heavy atom. The molecule has 4 unspecified atom stereocenters. The number of ether oxygens (including phenoxy) is 1. The highest BCUT2D eigenvalue weighted by Gasteiger charge is 2.59. The maximum atomic E-state index is 12.5. The Balaban J connectivity index is 0.00000462. The Kier molecular flexibility index (Phi) is 13.4. The normalized spacial score (nSPS) is 35.0. The number of carbonyl (C=O) groups excluding carboxylic acids is 1. The third-order valence-electron chi connectivity index (χ3n) is 12.4. The lowest BCUT2D eigenvalue weighted by atomic mass is 9.47. The van der Waals surface area contributed by atoms with Gasteiger partial charge in [0.1, 0.15) is 6.10 Å². The van der Waals surface area contributed by atoms with Gasteiger partial charge >= 0.3 is 6.09 Å². The van der Waals surface area contributed by atoms with Gasteiger partial charge in [-0.05, 0) is 111 Å². The molecule has 41 heavy (non-hydrogen) atoms. The zero-order valence-corrected chi connectivity index (χ0v) is 28.2. The Hall–Kier alpha value is -0.740. The number of alkyl carbamates (subject to hydrolysis) is 1. The number of hydrogen-bond donors (Lipinski definition) is 2. The van der Waals surface area contributed by atoms with Crippen molar-refractivity contribution in [2.24, 2.45) is 52.1 Å². The van der Waals surface area contributed by atoms with Gasteiger partial charge in [-0.1, -0.05) is 91.2 Å². The van der Waals surface area contributed by atoms with Crippen LogP contribution in [0.25, 0.3) is 0 Å². The van der Waals surface area contributed by atoms with Gasteiger partial charge < -0.3 is 15.8 Å². The number of unbranched alkanes of at least 4 members (excludes halogenated alkanes) is 5. The van der Waals surface area contributed by atoms with E-state index >= 15 is 0 Å². The zero-order valence-electron chi connectivity index (χ0n) is 27.4. The minimum Gasteiger partial charge on any atom is -0.446 e. The van der Waals surface area contributed by atoms with E-state index in [9.17, 15) is 4.79 Å². The van der Waals surface area contributed by atoms with Gasteiger partial charge in [-0.15, -0.1) is 12.4 Å². The van der Waals surface area contributed by atoms with Crippen LogP contribution in [0.1, 0.15) is 144 Å². The summed E-state index contributed by atoms with van der Waals surface area (Å²) in [5, 5.41) is 3.02. The summed E-state index contributed by atoms with van der Waals surface area (Å²) in [6.07, 6.45) is 23.8. The lowest BCUT2D eigenvalue weighted by Gasteiger charge is -2.58. The lowest BCUT2D eigenvalue weighted by Crippen LogP contribution is -2.51. The predicted molar refractivity (Wildman–Crippen MR) is 175 cm³/mol. The fourth-order valence-electron chi connectivity index (χ4n) is 10.1. The molecule has 4 rings (SSSR count). The first kappa shape index (κ1) is 34.7. The average Bonchev–Trinajstić information content (AvgIpc) is 3.27. The number of carbonyl (C=O) groups is 1. The van der Waals surface area contributed by atoms with E-state index in [0.29, 0.717) is 10.8 Å². The number of allylic oxidation sites excluding steroid dienone is 1. The number of hydrogen-bond acceptors (Lipinski definition) is 3. The number of amides is 1. The van der Waals surface area contributed by atoms with Crippen LogP contribution < -0.4 is 11.1 Å². The summed E-state index contributed by atoms with van der Waals surface area (Å²) >= 11 is 0. The van der Waals surface area contributed by atoms with Crippen molar-refractivity contribution in [3.05, 3.63) is 11.6 Å². The molecule has 1 amide bonds. The summed E-state index contributed by atoms with van der Waals surface area (Å²) in [7, 11) is 0. The molecule has 0 radical (unpaired) electrons. The van der Waals surface area contributed by atoms with Gasteiger partial charge in [-0.3, -0.25) is 0 Å². The molecule has 0 aromatic carbocycles. The Labute approximate surface area is 259 Å². The molecule has 8 atom stereocenters. The van der Waals surface area contributed by atoms with Crippen molar-refractivity contribution in [2.75, 3.05) is 13.1 Å². The third kappa shape index (κ3) is 8.25. The number of nitrogens with one attached hydrogen (secondary N) is 1. The maximum Gasteiger partial charge on any atom is 0.407 e. The molecule has 0 bridgehead atoms. The van der Waals surface area contributed by atoms with E-state index in [2.05, 4.69) is 46.0 Å². The van der Waals surface area contributed by atoms with Gasteiger partial charge in [0.25, 0.3) is 0 Å². The molecule has 3 fully saturated rings. The SMILES string of the molecule is CC(C)CCC[C@@H](C)[C@H]1CCC2C3CC=C4CC(OC(=O)NCCCCCCCCN)CC[C@]4(C)C3CC[C@@]21C.Cl. The Morgan fingerprint density at radius 1 is 0.951 bits per heavy atom. The summed E-state index contributed by atoms with van der Waals surface area (Å²) in [6, 6.07) is 0. The average molecular weight is 593 g/mol. The molecule has 0 saturated heterocycles. The number of fused-ring (bicyclic) bond motifs is 5. The molecule has 3 saturated carbocycles. The van der Waals surface area contributed by atoms with E-state index in [-0.39, 0.29) is 24.6 Å². The summed E-state index contributed by atoms with van der Waals surface area (Å²) in [5.41, 5.74) is 8.03. The molecule has 0 aliphatic heterocycles. The van der Waals surface area contributed by atoms with Gasteiger partial charge in [-0.25, -0.2) is 4.79 Å². The minimum atomic E-state index is -0.209. The van der Waals surface area contributed by atoms with Crippen molar-refractivity contribution in [2.45, 2.75) is 150 Å². The molecule has 0 aromatic heterocycles. The van der Waals surface area contributed by atoms with Crippen molar-refractivity contribution in [3.63, 3.8) is 0 Å². The van der Waals surface area contributed by atoms with Crippen molar-refractivity contribution >= 4 is 18.5 Å². The predicted octanol–water partition coefficient (Wildman–Crippen LogP) is 9.84. The monoisotopic (exact) mass is 592 g/mol. The smallest absolute Gasteiger partial charge is 0.407 e. The topological polar surface area (TPSA) is 64.3 Å². The highest BCUT2D eigenvalue weighted by molar-refractivity contribution is 5.85. The molecular weight excluding hydrogens is 528 g/mol. The molecule has 0 heterocycles.